The molecule has 2 aromatic carbocycles. The van der Waals surface area contributed by atoms with Crippen LogP contribution in [0.1, 0.15) is 30.4 Å². The molecule has 0 saturated heterocycles. The highest BCUT2D eigenvalue weighted by Gasteiger charge is 2.38. The standard InChI is InChI=1S/C20H24N2O2/c1-15-9-10-18(24-2)17(13-15)22-19(23)21-14-20(11-6-12-20)16-7-4-3-5-8-16/h3-5,7-10,13H,6,11-12,14H2,1-2H3,(H2,21,22,23). The molecular weight excluding hydrogens is 300 g/mol. The maximum Gasteiger partial charge on any atom is 0.319 e. The Morgan fingerprint density at radius 2 is 1.92 bits per heavy atom. The molecule has 2 aromatic rings. The summed E-state index contributed by atoms with van der Waals surface area (Å²) in [6, 6.07) is 16.0. The molecule has 1 aliphatic carbocycles. The normalized spacial score (nSPS) is 15.2. The van der Waals surface area contributed by atoms with Crippen LogP contribution in [0.25, 0.3) is 0 Å². The van der Waals surface area contributed by atoms with Gasteiger partial charge in [-0.15, -0.1) is 0 Å². The molecule has 1 aliphatic rings. The van der Waals surface area contributed by atoms with E-state index in [-0.39, 0.29) is 11.4 Å². The second-order valence-corrected chi connectivity index (χ2v) is 6.51. The van der Waals surface area contributed by atoms with Crippen LogP contribution in [-0.4, -0.2) is 19.7 Å². The smallest absolute Gasteiger partial charge is 0.319 e. The molecule has 0 atom stereocenters. The van der Waals surface area contributed by atoms with Crippen LogP contribution < -0.4 is 15.4 Å². The van der Waals surface area contributed by atoms with E-state index in [2.05, 4.69) is 34.9 Å². The fraction of sp³-hybridized carbons (Fsp3) is 0.350. The monoisotopic (exact) mass is 324 g/mol. The highest BCUT2D eigenvalue weighted by molar-refractivity contribution is 5.91. The van der Waals surface area contributed by atoms with Crippen LogP contribution in [0.4, 0.5) is 10.5 Å². The summed E-state index contributed by atoms with van der Waals surface area (Å²) in [5.41, 5.74) is 3.16. The molecule has 0 bridgehead atoms. The zero-order chi connectivity index (χ0) is 17.0. The van der Waals surface area contributed by atoms with E-state index in [0.717, 1.165) is 18.4 Å². The van der Waals surface area contributed by atoms with E-state index < -0.39 is 0 Å². The van der Waals surface area contributed by atoms with Crippen molar-refractivity contribution < 1.29 is 9.53 Å². The molecule has 0 unspecified atom stereocenters. The maximum atomic E-state index is 12.3. The zero-order valence-electron chi connectivity index (χ0n) is 14.3. The topological polar surface area (TPSA) is 50.4 Å². The number of carbonyl (C=O) groups is 1. The summed E-state index contributed by atoms with van der Waals surface area (Å²) >= 11 is 0. The number of amides is 2. The van der Waals surface area contributed by atoms with Gasteiger partial charge in [0, 0.05) is 12.0 Å². The van der Waals surface area contributed by atoms with E-state index in [1.807, 2.05) is 31.2 Å². The number of hydrogen-bond donors (Lipinski definition) is 2. The van der Waals surface area contributed by atoms with Crippen LogP contribution in [0.15, 0.2) is 48.5 Å². The van der Waals surface area contributed by atoms with Crippen molar-refractivity contribution in [1.29, 1.82) is 0 Å². The van der Waals surface area contributed by atoms with E-state index in [9.17, 15) is 4.79 Å². The van der Waals surface area contributed by atoms with Crippen LogP contribution in [0.2, 0.25) is 0 Å². The molecule has 0 aromatic heterocycles. The summed E-state index contributed by atoms with van der Waals surface area (Å²) in [6.07, 6.45) is 3.44. The minimum atomic E-state index is -0.193. The minimum Gasteiger partial charge on any atom is -0.495 e. The highest BCUT2D eigenvalue weighted by atomic mass is 16.5. The Labute approximate surface area is 143 Å². The quantitative estimate of drug-likeness (QED) is 0.864. The predicted octanol–water partition coefficient (Wildman–Crippen LogP) is 4.25. The van der Waals surface area contributed by atoms with Gasteiger partial charge in [-0.05, 0) is 43.0 Å². The van der Waals surface area contributed by atoms with Gasteiger partial charge >= 0.3 is 6.03 Å². The fourth-order valence-electron chi connectivity index (χ4n) is 3.30. The molecule has 126 valence electrons. The molecule has 1 saturated carbocycles. The van der Waals surface area contributed by atoms with E-state index >= 15 is 0 Å². The Balaban J connectivity index is 1.64. The van der Waals surface area contributed by atoms with Crippen molar-refractivity contribution >= 4 is 11.7 Å². The van der Waals surface area contributed by atoms with E-state index in [0.29, 0.717) is 18.0 Å². The van der Waals surface area contributed by atoms with Crippen molar-refractivity contribution in [2.24, 2.45) is 0 Å². The van der Waals surface area contributed by atoms with Gasteiger partial charge in [0.05, 0.1) is 12.8 Å². The minimum absolute atomic E-state index is 0.0787. The van der Waals surface area contributed by atoms with Gasteiger partial charge in [-0.1, -0.05) is 42.8 Å². The van der Waals surface area contributed by atoms with Crippen molar-refractivity contribution in [1.82, 2.24) is 5.32 Å². The first-order valence-electron chi connectivity index (χ1n) is 8.38. The van der Waals surface area contributed by atoms with Crippen molar-refractivity contribution in [3.63, 3.8) is 0 Å². The number of methoxy groups -OCH3 is 1. The number of urea groups is 1. The lowest BCUT2D eigenvalue weighted by Crippen LogP contribution is -2.46. The fourth-order valence-corrected chi connectivity index (χ4v) is 3.30. The van der Waals surface area contributed by atoms with Crippen molar-refractivity contribution in [3.05, 3.63) is 59.7 Å². The van der Waals surface area contributed by atoms with E-state index in [4.69, 9.17) is 4.74 Å². The van der Waals surface area contributed by atoms with Gasteiger partial charge < -0.3 is 15.4 Å². The zero-order valence-corrected chi connectivity index (χ0v) is 14.3. The highest BCUT2D eigenvalue weighted by Crippen LogP contribution is 2.43. The average Bonchev–Trinajstić information content (AvgIpc) is 2.55. The van der Waals surface area contributed by atoms with Crippen LogP contribution >= 0.6 is 0 Å². The summed E-state index contributed by atoms with van der Waals surface area (Å²) in [7, 11) is 1.60. The Morgan fingerprint density at radius 1 is 1.17 bits per heavy atom. The summed E-state index contributed by atoms with van der Waals surface area (Å²) in [5, 5.41) is 5.94. The predicted molar refractivity (Wildman–Crippen MR) is 96.7 cm³/mol. The summed E-state index contributed by atoms with van der Waals surface area (Å²) in [4.78, 5) is 12.3. The number of aryl methyl sites for hydroxylation is 1. The number of hydrogen-bond acceptors (Lipinski definition) is 2. The number of benzene rings is 2. The average molecular weight is 324 g/mol. The second kappa shape index (κ2) is 6.95. The molecular formula is C20H24N2O2. The number of ether oxygens (including phenoxy) is 1. The second-order valence-electron chi connectivity index (χ2n) is 6.51. The lowest BCUT2D eigenvalue weighted by Gasteiger charge is -2.42. The summed E-state index contributed by atoms with van der Waals surface area (Å²) in [5.74, 6) is 0.664. The van der Waals surface area contributed by atoms with Crippen molar-refractivity contribution in [2.45, 2.75) is 31.6 Å². The number of carbonyl (C=O) groups excluding carboxylic acids is 1. The molecule has 0 spiro atoms. The van der Waals surface area contributed by atoms with Gasteiger partial charge in [0.15, 0.2) is 0 Å². The van der Waals surface area contributed by atoms with E-state index in [1.165, 1.54) is 12.0 Å². The molecule has 2 N–H and O–H groups in total. The number of anilines is 1. The number of rotatable bonds is 5. The van der Waals surface area contributed by atoms with Gasteiger partial charge in [0.25, 0.3) is 0 Å². The van der Waals surface area contributed by atoms with Crippen molar-refractivity contribution in [3.8, 4) is 5.75 Å². The van der Waals surface area contributed by atoms with Crippen molar-refractivity contribution in [2.75, 3.05) is 19.0 Å². The molecule has 1 fully saturated rings. The molecule has 0 heterocycles. The summed E-state index contributed by atoms with van der Waals surface area (Å²) in [6.45, 7) is 2.64. The van der Waals surface area contributed by atoms with Gasteiger partial charge in [-0.2, -0.15) is 0 Å². The van der Waals surface area contributed by atoms with Crippen LogP contribution in [0, 0.1) is 6.92 Å². The maximum absolute atomic E-state index is 12.3. The molecule has 2 amide bonds. The van der Waals surface area contributed by atoms with Crippen LogP contribution in [-0.2, 0) is 5.41 Å². The first kappa shape index (κ1) is 16.4. The molecule has 3 rings (SSSR count). The Kier molecular flexibility index (Phi) is 4.74. The molecule has 4 heteroatoms. The Hall–Kier alpha value is -2.49. The van der Waals surface area contributed by atoms with E-state index in [1.54, 1.807) is 7.11 Å². The third kappa shape index (κ3) is 3.37. The summed E-state index contributed by atoms with van der Waals surface area (Å²) < 4.78 is 5.31. The third-order valence-corrected chi connectivity index (χ3v) is 4.89. The van der Waals surface area contributed by atoms with Gasteiger partial charge in [-0.25, -0.2) is 4.79 Å². The molecule has 24 heavy (non-hydrogen) atoms. The number of nitrogens with one attached hydrogen (secondary N) is 2. The lowest BCUT2D eigenvalue weighted by atomic mass is 9.64. The van der Waals surface area contributed by atoms with Crippen LogP contribution in [0.3, 0.4) is 0 Å². The first-order chi connectivity index (χ1) is 11.6. The van der Waals surface area contributed by atoms with Gasteiger partial charge in [-0.3, -0.25) is 0 Å². The SMILES string of the molecule is COc1ccc(C)cc1NC(=O)NCC1(c2ccccc2)CCC1. The first-order valence-corrected chi connectivity index (χ1v) is 8.38. The third-order valence-electron chi connectivity index (χ3n) is 4.89. The van der Waals surface area contributed by atoms with Gasteiger partial charge in [0.2, 0.25) is 0 Å². The largest absolute Gasteiger partial charge is 0.495 e. The molecule has 4 nitrogen and oxygen atoms in total. The Morgan fingerprint density at radius 3 is 2.54 bits per heavy atom. The van der Waals surface area contributed by atoms with Gasteiger partial charge in [0.1, 0.15) is 5.75 Å². The molecule has 0 radical (unpaired) electrons. The van der Waals surface area contributed by atoms with Crippen LogP contribution in [0.5, 0.6) is 5.75 Å². The Bertz CT molecular complexity index is 709. The lowest BCUT2D eigenvalue weighted by molar-refractivity contribution is 0.222. The molecule has 0 aliphatic heterocycles.